The molecule has 4 aromatic carbocycles. The van der Waals surface area contributed by atoms with Crippen LogP contribution in [0.25, 0.3) is 43.5 Å². The van der Waals surface area contributed by atoms with Crippen LogP contribution in [-0.4, -0.2) is 48.9 Å². The third kappa shape index (κ3) is 4.37. The predicted octanol–water partition coefficient (Wildman–Crippen LogP) is 7.42. The molecule has 0 bridgehead atoms. The van der Waals surface area contributed by atoms with Gasteiger partial charge in [0.05, 0.1) is 6.61 Å². The van der Waals surface area contributed by atoms with Crippen molar-refractivity contribution >= 4 is 51.7 Å². The fourth-order valence-electron chi connectivity index (χ4n) is 6.29. The summed E-state index contributed by atoms with van der Waals surface area (Å²) in [5, 5.41) is 6.37. The molecule has 4 heterocycles. The Morgan fingerprint density at radius 3 is 1.88 bits per heavy atom. The lowest BCUT2D eigenvalue weighted by Gasteiger charge is -2.28. The highest BCUT2D eigenvalue weighted by atomic mass is 31.1. The third-order valence-corrected chi connectivity index (χ3v) is 9.12. The number of hydrogen-bond donors (Lipinski definition) is 0. The highest BCUT2D eigenvalue weighted by Crippen LogP contribution is 2.46. The van der Waals surface area contributed by atoms with Crippen LogP contribution < -0.4 is 4.52 Å². The molecule has 0 radical (unpaired) electrons. The van der Waals surface area contributed by atoms with E-state index in [0.717, 1.165) is 32.3 Å². The molecule has 3 saturated heterocycles. The van der Waals surface area contributed by atoms with E-state index < -0.39 is 44.4 Å². The maximum absolute atomic E-state index is 6.73. The Kier molecular flexibility index (Phi) is 5.83. The van der Waals surface area contributed by atoms with Crippen LogP contribution in [0.15, 0.2) is 81.2 Å². The summed E-state index contributed by atoms with van der Waals surface area (Å²) in [5.41, 5.74) is 1.39. The summed E-state index contributed by atoms with van der Waals surface area (Å²) >= 11 is 0. The van der Waals surface area contributed by atoms with E-state index in [-0.39, 0.29) is 6.10 Å². The standard InChI is InChI=1S/C32H31O8P/c1-31(2)33-17-24(35-31)27-28(29-30(34-27)37-32(3,4)36-29)40-41-38-22-15-13-18-9-5-7-11-20(18)25(22)26-21-12-8-6-10-19(21)14-16-23(26)39-41/h5-16,24,27-30H,17H2,1-4H3/t24-,27-,28-,29-,30-/m1/s1. The molecule has 8 nitrogen and oxygen atoms in total. The van der Waals surface area contributed by atoms with Crippen molar-refractivity contribution in [2.75, 3.05) is 6.61 Å². The second-order valence-electron chi connectivity index (χ2n) is 11.7. The Labute approximate surface area is 237 Å². The molecule has 212 valence electrons. The summed E-state index contributed by atoms with van der Waals surface area (Å²) in [4.78, 5) is 0. The summed E-state index contributed by atoms with van der Waals surface area (Å²) in [6.45, 7) is 7.87. The zero-order chi connectivity index (χ0) is 27.9. The Balaban J connectivity index is 1.32. The van der Waals surface area contributed by atoms with Crippen LogP contribution >= 0.6 is 8.24 Å². The van der Waals surface area contributed by atoms with Gasteiger partial charge in [-0.15, -0.1) is 0 Å². The van der Waals surface area contributed by atoms with Gasteiger partial charge in [0.2, 0.25) is 0 Å². The lowest BCUT2D eigenvalue weighted by atomic mass is 9.99. The van der Waals surface area contributed by atoms with Crippen molar-refractivity contribution in [2.24, 2.45) is 0 Å². The van der Waals surface area contributed by atoms with Gasteiger partial charge in [-0.2, -0.15) is 0 Å². The molecule has 0 amide bonds. The normalized spacial score (nSPS) is 28.6. The van der Waals surface area contributed by atoms with Crippen LogP contribution in [0.5, 0.6) is 0 Å². The van der Waals surface area contributed by atoms with Crippen molar-refractivity contribution in [3.8, 4) is 0 Å². The summed E-state index contributed by atoms with van der Waals surface area (Å²) in [5.74, 6) is -1.54. The van der Waals surface area contributed by atoms with Gasteiger partial charge in [-0.1, -0.05) is 60.7 Å². The molecule has 9 heteroatoms. The van der Waals surface area contributed by atoms with Crippen LogP contribution in [-0.2, 0) is 23.7 Å². The van der Waals surface area contributed by atoms with E-state index in [1.54, 1.807) is 0 Å². The van der Waals surface area contributed by atoms with E-state index in [1.165, 1.54) is 0 Å². The van der Waals surface area contributed by atoms with E-state index in [0.29, 0.717) is 17.8 Å². The lowest BCUT2D eigenvalue weighted by molar-refractivity contribution is -0.228. The van der Waals surface area contributed by atoms with Crippen molar-refractivity contribution in [1.29, 1.82) is 0 Å². The molecule has 3 aliphatic heterocycles. The van der Waals surface area contributed by atoms with Crippen LogP contribution in [0.2, 0.25) is 0 Å². The predicted molar refractivity (Wildman–Crippen MR) is 155 cm³/mol. The number of fused-ring (bicyclic) bond motifs is 8. The first-order valence-electron chi connectivity index (χ1n) is 13.9. The minimum Gasteiger partial charge on any atom is -0.399 e. The molecule has 3 fully saturated rings. The molecule has 0 N–H and O–H groups in total. The quantitative estimate of drug-likeness (QED) is 0.220. The van der Waals surface area contributed by atoms with Gasteiger partial charge in [0, 0.05) is 10.8 Å². The van der Waals surface area contributed by atoms with Crippen LogP contribution in [0.1, 0.15) is 27.7 Å². The van der Waals surface area contributed by atoms with Gasteiger partial charge in [-0.25, -0.2) is 0 Å². The number of benzene rings is 4. The molecule has 0 aliphatic carbocycles. The first-order valence-corrected chi connectivity index (χ1v) is 15.0. The maximum atomic E-state index is 6.73. The smallest absolute Gasteiger partial charge is 0.387 e. The van der Waals surface area contributed by atoms with E-state index >= 15 is 0 Å². The Morgan fingerprint density at radius 2 is 1.29 bits per heavy atom. The van der Waals surface area contributed by atoms with E-state index in [9.17, 15) is 0 Å². The van der Waals surface area contributed by atoms with Crippen molar-refractivity contribution in [2.45, 2.75) is 70.0 Å². The molecule has 8 rings (SSSR count). The average molecular weight is 575 g/mol. The molecule has 5 aromatic rings. The van der Waals surface area contributed by atoms with Crippen LogP contribution in [0.3, 0.4) is 0 Å². The summed E-state index contributed by atoms with van der Waals surface area (Å²) in [7, 11) is -1.92. The molecule has 41 heavy (non-hydrogen) atoms. The highest BCUT2D eigenvalue weighted by Gasteiger charge is 2.59. The molecule has 3 aliphatic rings. The average Bonchev–Trinajstić information content (AvgIpc) is 3.52. The zero-order valence-corrected chi connectivity index (χ0v) is 24.1. The first-order chi connectivity index (χ1) is 19.7. The molecular formula is C32H31O8P. The van der Waals surface area contributed by atoms with E-state index in [4.69, 9.17) is 36.6 Å². The Bertz CT molecular complexity index is 1750. The van der Waals surface area contributed by atoms with Gasteiger partial charge in [-0.3, -0.25) is 4.52 Å². The number of rotatable bonds is 3. The van der Waals surface area contributed by atoms with Gasteiger partial charge >= 0.3 is 8.24 Å². The molecular weight excluding hydrogens is 543 g/mol. The monoisotopic (exact) mass is 574 g/mol. The van der Waals surface area contributed by atoms with Crippen molar-refractivity contribution < 1.29 is 36.6 Å². The Morgan fingerprint density at radius 1 is 0.683 bits per heavy atom. The van der Waals surface area contributed by atoms with E-state index in [1.807, 2.05) is 64.1 Å². The summed E-state index contributed by atoms with van der Waals surface area (Å²) in [6, 6.07) is 24.8. The second-order valence-corrected chi connectivity index (χ2v) is 12.8. The fraction of sp³-hybridized carbons (Fsp3) is 0.375. The van der Waals surface area contributed by atoms with Crippen molar-refractivity contribution in [1.82, 2.24) is 0 Å². The first kappa shape index (κ1) is 25.7. The Hall–Kier alpha value is -2.94. The van der Waals surface area contributed by atoms with Crippen LogP contribution in [0, 0.1) is 0 Å². The van der Waals surface area contributed by atoms with Crippen molar-refractivity contribution in [3.05, 3.63) is 72.8 Å². The second kappa shape index (κ2) is 9.28. The highest BCUT2D eigenvalue weighted by molar-refractivity contribution is 7.31. The van der Waals surface area contributed by atoms with Gasteiger partial charge < -0.3 is 32.1 Å². The minimum atomic E-state index is -1.92. The largest absolute Gasteiger partial charge is 0.399 e. The molecule has 5 atom stereocenters. The fourth-order valence-corrected chi connectivity index (χ4v) is 7.48. The van der Waals surface area contributed by atoms with Gasteiger partial charge in [0.15, 0.2) is 17.9 Å². The lowest BCUT2D eigenvalue weighted by Crippen LogP contribution is -2.45. The van der Waals surface area contributed by atoms with Gasteiger partial charge in [0.25, 0.3) is 0 Å². The minimum absolute atomic E-state index is 0.365. The molecule has 0 spiro atoms. The SMILES string of the molecule is CC1(C)O[C@H]2O[C@H]([C@H]3COC(C)(C)O3)[C@@H](Op3oc4ccc5ccccc5c4c4c(ccc5ccccc54)o3)[C@H]2O1. The van der Waals surface area contributed by atoms with Crippen LogP contribution in [0.4, 0.5) is 0 Å². The molecule has 0 saturated carbocycles. The van der Waals surface area contributed by atoms with Gasteiger partial charge in [0.1, 0.15) is 35.6 Å². The number of hydrogen-bond acceptors (Lipinski definition) is 8. The zero-order valence-electron chi connectivity index (χ0n) is 23.2. The molecule has 1 aromatic heterocycles. The maximum Gasteiger partial charge on any atom is 0.387 e. The molecule has 0 unspecified atom stereocenters. The topological polar surface area (TPSA) is 81.7 Å². The van der Waals surface area contributed by atoms with Gasteiger partial charge in [-0.05, 0) is 61.4 Å². The summed E-state index contributed by atoms with van der Waals surface area (Å²) < 4.78 is 50.7. The van der Waals surface area contributed by atoms with Crippen molar-refractivity contribution in [3.63, 3.8) is 0 Å². The number of ether oxygens (including phenoxy) is 5. The third-order valence-electron chi connectivity index (χ3n) is 8.01. The van der Waals surface area contributed by atoms with E-state index in [2.05, 4.69) is 36.4 Å². The summed E-state index contributed by atoms with van der Waals surface area (Å²) in [6.07, 6.45) is -2.56.